The van der Waals surface area contributed by atoms with Crippen LogP contribution in [0, 0.1) is 13.8 Å². The molecule has 2 N–H and O–H groups in total. The molecule has 0 saturated carbocycles. The van der Waals surface area contributed by atoms with Gasteiger partial charge in [0.2, 0.25) is 0 Å². The maximum atomic E-state index is 11.2. The van der Waals surface area contributed by atoms with Crippen LogP contribution in [-0.2, 0) is 16.3 Å². The molecule has 0 aliphatic carbocycles. The molecular weight excluding hydrogens is 459 g/mol. The highest BCUT2D eigenvalue weighted by atomic mass is 127. The number of sulfone groups is 1. The zero-order valence-electron chi connectivity index (χ0n) is 15.0. The van der Waals surface area contributed by atoms with E-state index in [9.17, 15) is 8.42 Å². The predicted octanol–water partition coefficient (Wildman–Crippen LogP) is 2.30. The van der Waals surface area contributed by atoms with E-state index in [1.165, 1.54) is 11.1 Å². The molecule has 0 saturated heterocycles. The summed E-state index contributed by atoms with van der Waals surface area (Å²) >= 11 is 1.72. The third kappa shape index (κ3) is 9.77. The summed E-state index contributed by atoms with van der Waals surface area (Å²) in [6.45, 7) is 9.46. The molecule has 140 valence electrons. The average molecular weight is 488 g/mol. The number of hydrogen-bond donors (Lipinski definition) is 2. The van der Waals surface area contributed by atoms with Crippen molar-refractivity contribution < 1.29 is 8.42 Å². The number of nitrogens with zero attached hydrogens (tertiary/aromatic N) is 2. The lowest BCUT2D eigenvalue weighted by Gasteiger charge is -2.17. The van der Waals surface area contributed by atoms with E-state index in [-0.39, 0.29) is 35.8 Å². The van der Waals surface area contributed by atoms with E-state index in [1.807, 2.05) is 27.7 Å². The Bertz CT molecular complexity index is 629. The fraction of sp³-hybridized carbons (Fsp3) is 0.733. The van der Waals surface area contributed by atoms with Crippen LogP contribution in [0.5, 0.6) is 0 Å². The van der Waals surface area contributed by atoms with E-state index < -0.39 is 9.84 Å². The number of thiazole rings is 1. The largest absolute Gasteiger partial charge is 0.357 e. The smallest absolute Gasteiger partial charge is 0.191 e. The van der Waals surface area contributed by atoms with Gasteiger partial charge in [0.1, 0.15) is 9.84 Å². The number of aromatic nitrogens is 1. The molecule has 0 fully saturated rings. The van der Waals surface area contributed by atoms with Crippen molar-refractivity contribution in [1.82, 2.24) is 15.6 Å². The highest BCUT2D eigenvalue weighted by molar-refractivity contribution is 14.0. The van der Waals surface area contributed by atoms with E-state index in [0.29, 0.717) is 13.0 Å². The molecule has 1 unspecified atom stereocenters. The number of guanidine groups is 1. The first-order valence-electron chi connectivity index (χ1n) is 7.86. The molecule has 1 aromatic heterocycles. The summed E-state index contributed by atoms with van der Waals surface area (Å²) in [5.41, 5.74) is 1.09. The molecule has 0 aliphatic heterocycles. The van der Waals surface area contributed by atoms with Gasteiger partial charge < -0.3 is 10.6 Å². The van der Waals surface area contributed by atoms with Crippen LogP contribution in [0.2, 0.25) is 0 Å². The summed E-state index contributed by atoms with van der Waals surface area (Å²) < 4.78 is 22.5. The molecule has 1 atom stereocenters. The fourth-order valence-corrected chi connectivity index (χ4v) is 3.80. The van der Waals surface area contributed by atoms with Gasteiger partial charge in [-0.3, -0.25) is 4.99 Å². The van der Waals surface area contributed by atoms with Gasteiger partial charge in [-0.1, -0.05) is 0 Å². The zero-order valence-corrected chi connectivity index (χ0v) is 19.0. The van der Waals surface area contributed by atoms with Crippen molar-refractivity contribution in [3.8, 4) is 0 Å². The van der Waals surface area contributed by atoms with Gasteiger partial charge >= 0.3 is 0 Å². The van der Waals surface area contributed by atoms with Gasteiger partial charge in [0.25, 0.3) is 0 Å². The average Bonchev–Trinajstić information content (AvgIpc) is 2.74. The van der Waals surface area contributed by atoms with Crippen molar-refractivity contribution in [2.45, 2.75) is 46.6 Å². The Hall–Kier alpha value is -0.420. The van der Waals surface area contributed by atoms with Gasteiger partial charge in [-0.25, -0.2) is 13.4 Å². The molecule has 6 nitrogen and oxygen atoms in total. The first-order valence-corrected chi connectivity index (χ1v) is 10.7. The van der Waals surface area contributed by atoms with Crippen molar-refractivity contribution in [2.24, 2.45) is 4.99 Å². The SMILES string of the molecule is CCNC(=NCCc1sc(C)nc1C)NC(C)CCS(C)(=O)=O.I. The van der Waals surface area contributed by atoms with E-state index in [4.69, 9.17) is 0 Å². The third-order valence-electron chi connectivity index (χ3n) is 3.26. The molecule has 24 heavy (non-hydrogen) atoms. The molecule has 0 amide bonds. The van der Waals surface area contributed by atoms with Crippen molar-refractivity contribution in [1.29, 1.82) is 0 Å². The van der Waals surface area contributed by atoms with Gasteiger partial charge in [-0.2, -0.15) is 0 Å². The monoisotopic (exact) mass is 488 g/mol. The van der Waals surface area contributed by atoms with Gasteiger partial charge in [-0.05, 0) is 34.1 Å². The van der Waals surface area contributed by atoms with Gasteiger partial charge in [0.15, 0.2) is 5.96 Å². The lowest BCUT2D eigenvalue weighted by atomic mass is 10.3. The first kappa shape index (κ1) is 23.6. The summed E-state index contributed by atoms with van der Waals surface area (Å²) in [6, 6.07) is 0.0508. The second-order valence-corrected chi connectivity index (χ2v) is 9.26. The highest BCUT2D eigenvalue weighted by Crippen LogP contribution is 2.17. The van der Waals surface area contributed by atoms with Gasteiger partial charge in [-0.15, -0.1) is 35.3 Å². The molecular formula is C15H29IN4O2S2. The first-order chi connectivity index (χ1) is 10.7. The summed E-state index contributed by atoms with van der Waals surface area (Å²) in [6.07, 6.45) is 2.69. The quantitative estimate of drug-likeness (QED) is 0.334. The van der Waals surface area contributed by atoms with Crippen molar-refractivity contribution in [2.75, 3.05) is 25.1 Å². The minimum atomic E-state index is -2.93. The molecule has 1 rings (SSSR count). The summed E-state index contributed by atoms with van der Waals surface area (Å²) in [4.78, 5) is 10.3. The van der Waals surface area contributed by atoms with Crippen LogP contribution in [-0.4, -0.2) is 50.5 Å². The van der Waals surface area contributed by atoms with Crippen LogP contribution in [0.1, 0.15) is 35.8 Å². The van der Waals surface area contributed by atoms with Crippen LogP contribution < -0.4 is 10.6 Å². The van der Waals surface area contributed by atoms with Gasteiger partial charge in [0, 0.05) is 36.7 Å². The van der Waals surface area contributed by atoms with Crippen LogP contribution >= 0.6 is 35.3 Å². The lowest BCUT2D eigenvalue weighted by Crippen LogP contribution is -2.43. The molecule has 0 spiro atoms. The Morgan fingerprint density at radius 2 is 2.04 bits per heavy atom. The summed E-state index contributed by atoms with van der Waals surface area (Å²) in [7, 11) is -2.93. The minimum absolute atomic E-state index is 0. The predicted molar refractivity (Wildman–Crippen MR) is 114 cm³/mol. The number of halogens is 1. The normalized spacial score (nSPS) is 13.3. The molecule has 0 aliphatic rings. The Kier molecular flexibility index (Phi) is 11.0. The number of rotatable bonds is 8. The second kappa shape index (κ2) is 11.2. The fourth-order valence-electron chi connectivity index (χ4n) is 2.09. The van der Waals surface area contributed by atoms with E-state index in [2.05, 4.69) is 20.6 Å². The van der Waals surface area contributed by atoms with Crippen molar-refractivity contribution in [3.05, 3.63) is 15.6 Å². The highest BCUT2D eigenvalue weighted by Gasteiger charge is 2.10. The number of aryl methyl sites for hydroxylation is 2. The molecule has 0 radical (unpaired) electrons. The van der Waals surface area contributed by atoms with Crippen LogP contribution in [0.3, 0.4) is 0 Å². The summed E-state index contributed by atoms with van der Waals surface area (Å²) in [5.74, 6) is 0.910. The van der Waals surface area contributed by atoms with Crippen molar-refractivity contribution in [3.63, 3.8) is 0 Å². The topological polar surface area (TPSA) is 83.4 Å². The van der Waals surface area contributed by atoms with Crippen LogP contribution in [0.25, 0.3) is 0 Å². The van der Waals surface area contributed by atoms with E-state index >= 15 is 0 Å². The second-order valence-electron chi connectivity index (χ2n) is 5.72. The Labute approximate surface area is 166 Å². The molecule has 1 aromatic rings. The third-order valence-corrected chi connectivity index (χ3v) is 5.37. The zero-order chi connectivity index (χ0) is 17.5. The standard InChI is InChI=1S/C15H28N4O2S2.HI/c1-6-16-15(18-11(2)8-10-23(5,20)21)17-9-7-14-12(3)19-13(4)22-14;/h11H,6-10H2,1-5H3,(H2,16,17,18);1H. The molecule has 9 heteroatoms. The van der Waals surface area contributed by atoms with Gasteiger partial charge in [0.05, 0.1) is 16.5 Å². The van der Waals surface area contributed by atoms with E-state index in [1.54, 1.807) is 11.3 Å². The molecule has 0 bridgehead atoms. The maximum absolute atomic E-state index is 11.2. The maximum Gasteiger partial charge on any atom is 0.191 e. The van der Waals surface area contributed by atoms with Crippen molar-refractivity contribution >= 4 is 51.1 Å². The lowest BCUT2D eigenvalue weighted by molar-refractivity contribution is 0.581. The number of aliphatic imine (C=N–C) groups is 1. The summed E-state index contributed by atoms with van der Waals surface area (Å²) in [5, 5.41) is 7.54. The van der Waals surface area contributed by atoms with Crippen LogP contribution in [0.4, 0.5) is 0 Å². The Balaban J connectivity index is 0.00000529. The molecule has 0 aromatic carbocycles. The number of nitrogens with one attached hydrogen (secondary N) is 2. The minimum Gasteiger partial charge on any atom is -0.357 e. The van der Waals surface area contributed by atoms with Crippen LogP contribution in [0.15, 0.2) is 4.99 Å². The molecule has 1 heterocycles. The Morgan fingerprint density at radius 1 is 1.38 bits per heavy atom. The van der Waals surface area contributed by atoms with E-state index in [0.717, 1.165) is 29.6 Å². The number of hydrogen-bond acceptors (Lipinski definition) is 5. The Morgan fingerprint density at radius 3 is 2.54 bits per heavy atom.